The van der Waals surface area contributed by atoms with Crippen molar-refractivity contribution in [1.82, 2.24) is 25.0 Å². The third kappa shape index (κ3) is 5.86. The summed E-state index contributed by atoms with van der Waals surface area (Å²) < 4.78 is 35.2. The maximum atomic E-state index is 16.3. The van der Waals surface area contributed by atoms with Crippen LogP contribution in [0.2, 0.25) is 0 Å². The molecule has 1 amide bonds. The number of nitrogens with one attached hydrogen (secondary N) is 1. The highest BCUT2D eigenvalue weighted by Crippen LogP contribution is 2.72. The summed E-state index contributed by atoms with van der Waals surface area (Å²) in [5.74, 6) is -1.29. The number of nitrogens with zero attached hydrogens (tertiary/aromatic N) is 4. The van der Waals surface area contributed by atoms with E-state index in [4.69, 9.17) is 10.2 Å². The second kappa shape index (κ2) is 12.4. The molecule has 1 aromatic heterocycles. The first-order valence-corrected chi connectivity index (χ1v) is 19.2. The first kappa shape index (κ1) is 38.9. The van der Waals surface area contributed by atoms with Crippen LogP contribution in [-0.4, -0.2) is 49.1 Å². The van der Waals surface area contributed by atoms with Gasteiger partial charge in [0.05, 0.1) is 6.04 Å². The Bertz CT molecular complexity index is 1500. The molecule has 2 aromatic rings. The van der Waals surface area contributed by atoms with Crippen molar-refractivity contribution in [2.24, 2.45) is 27.6 Å². The number of fused-ring (bicyclic) bond motifs is 2. The highest BCUT2D eigenvalue weighted by atomic mass is 19.3. The average Bonchev–Trinajstić information content (AvgIpc) is 3.56. The molecule has 50 heavy (non-hydrogen) atoms. The minimum absolute atomic E-state index is 0.0987. The van der Waals surface area contributed by atoms with Gasteiger partial charge in [-0.25, -0.2) is 8.78 Å². The number of aromatic nitrogens is 3. The van der Waals surface area contributed by atoms with Crippen LogP contribution >= 0.6 is 0 Å². The Morgan fingerprint density at radius 1 is 0.840 bits per heavy atom. The van der Waals surface area contributed by atoms with Gasteiger partial charge in [0.2, 0.25) is 5.91 Å². The zero-order valence-electron chi connectivity index (χ0n) is 33.8. The van der Waals surface area contributed by atoms with Crippen LogP contribution in [0, 0.1) is 27.6 Å². The minimum atomic E-state index is -2.98. The van der Waals surface area contributed by atoms with Crippen LogP contribution in [0.25, 0.3) is 0 Å². The van der Waals surface area contributed by atoms with Gasteiger partial charge in [-0.05, 0) is 62.3 Å². The molecule has 3 aliphatic rings. The second-order valence-electron chi connectivity index (χ2n) is 20.3. The predicted octanol–water partition coefficient (Wildman–Crippen LogP) is 10.3. The summed E-state index contributed by atoms with van der Waals surface area (Å²) in [7, 11) is 0. The molecule has 1 saturated carbocycles. The van der Waals surface area contributed by atoms with Crippen LogP contribution in [0.4, 0.5) is 8.78 Å². The zero-order valence-corrected chi connectivity index (χ0v) is 33.8. The summed E-state index contributed by atoms with van der Waals surface area (Å²) in [6, 6.07) is 11.1. The summed E-state index contributed by atoms with van der Waals surface area (Å²) in [4.78, 5) is 17.5. The van der Waals surface area contributed by atoms with E-state index in [-0.39, 0.29) is 22.9 Å². The average molecular weight is 696 g/mol. The fraction of sp³-hybridized carbons (Fsp3) is 0.786. The molecular formula is C42H67F2N5O. The van der Waals surface area contributed by atoms with Gasteiger partial charge in [-0.2, -0.15) is 0 Å². The van der Waals surface area contributed by atoms with E-state index in [1.165, 1.54) is 0 Å². The number of hydrogen-bond donors (Lipinski definition) is 1. The largest absolute Gasteiger partial charge is 0.349 e. The van der Waals surface area contributed by atoms with Crippen molar-refractivity contribution in [3.05, 3.63) is 47.5 Å². The molecule has 1 aromatic carbocycles. The molecule has 3 atom stereocenters. The molecule has 2 unspecified atom stereocenters. The van der Waals surface area contributed by atoms with Crippen molar-refractivity contribution in [3.8, 4) is 0 Å². The van der Waals surface area contributed by atoms with Gasteiger partial charge in [-0.1, -0.05) is 120 Å². The van der Waals surface area contributed by atoms with Crippen LogP contribution in [-0.2, 0) is 10.2 Å². The summed E-state index contributed by atoms with van der Waals surface area (Å²) >= 11 is 0. The van der Waals surface area contributed by atoms with Crippen LogP contribution in [0.15, 0.2) is 30.3 Å². The van der Waals surface area contributed by atoms with Crippen LogP contribution < -0.4 is 5.32 Å². The Morgan fingerprint density at radius 2 is 1.34 bits per heavy atom. The molecule has 0 spiro atoms. The maximum Gasteiger partial charge on any atom is 0.259 e. The van der Waals surface area contributed by atoms with E-state index in [0.717, 1.165) is 42.9 Å². The van der Waals surface area contributed by atoms with Crippen LogP contribution in [0.1, 0.15) is 171 Å². The molecular weight excluding hydrogens is 628 g/mol. The third-order valence-electron chi connectivity index (χ3n) is 14.4. The van der Waals surface area contributed by atoms with Gasteiger partial charge in [0, 0.05) is 51.7 Å². The Labute approximate surface area is 302 Å². The van der Waals surface area contributed by atoms with Gasteiger partial charge >= 0.3 is 0 Å². The second-order valence-corrected chi connectivity index (χ2v) is 20.3. The number of alkyl halides is 2. The Hall–Kier alpha value is -2.35. The topological polar surface area (TPSA) is 63.1 Å². The van der Waals surface area contributed by atoms with Crippen molar-refractivity contribution in [3.63, 3.8) is 0 Å². The monoisotopic (exact) mass is 696 g/mol. The van der Waals surface area contributed by atoms with E-state index in [1.807, 2.05) is 45.9 Å². The lowest BCUT2D eigenvalue weighted by molar-refractivity contribution is -0.314. The van der Waals surface area contributed by atoms with Gasteiger partial charge in [0.1, 0.15) is 11.6 Å². The molecule has 280 valence electrons. The van der Waals surface area contributed by atoms with Gasteiger partial charge in [-0.3, -0.25) is 9.69 Å². The molecule has 6 nitrogen and oxygen atoms in total. The molecule has 8 heteroatoms. The van der Waals surface area contributed by atoms with E-state index < -0.39 is 33.5 Å². The van der Waals surface area contributed by atoms with E-state index >= 15 is 8.78 Å². The van der Waals surface area contributed by atoms with Gasteiger partial charge in [-0.15, -0.1) is 10.2 Å². The number of amides is 1. The van der Waals surface area contributed by atoms with E-state index in [1.54, 1.807) is 27.7 Å². The molecule has 3 heterocycles. The van der Waals surface area contributed by atoms with Crippen molar-refractivity contribution >= 4 is 5.91 Å². The molecule has 5 rings (SSSR count). The highest BCUT2D eigenvalue weighted by Gasteiger charge is 2.76. The Balaban J connectivity index is 1.45. The zero-order chi connectivity index (χ0) is 37.6. The number of hydrogen-bond acceptors (Lipinski definition) is 4. The molecule has 0 radical (unpaired) electrons. The smallest absolute Gasteiger partial charge is 0.259 e. The number of halogens is 2. The first-order valence-electron chi connectivity index (χ1n) is 19.2. The quantitative estimate of drug-likeness (QED) is 0.299. The lowest BCUT2D eigenvalue weighted by Crippen LogP contribution is -2.71. The normalized spacial score (nSPS) is 28.1. The summed E-state index contributed by atoms with van der Waals surface area (Å²) in [5, 5.41) is 12.9. The molecule has 2 saturated heterocycles. The van der Waals surface area contributed by atoms with Gasteiger partial charge < -0.3 is 9.88 Å². The predicted molar refractivity (Wildman–Crippen MR) is 199 cm³/mol. The summed E-state index contributed by atoms with van der Waals surface area (Å²) in [6.45, 7) is 29.9. The standard InChI is InChI=1S/C42H67F2N5O/c1-26(2)33-46-47-35(36(3,4)5)48(33)30-23-28-21-22-29(24-30)49(28)37(6,7)25-31(27-19-17-16-18-20-27)45-34(50)32-38(8,9)40(12,13)42(43,44)41(14,15)39(32,10)11/h16-20,26,28-32H,21-25H2,1-15H3,(H,45,50)/t28?,29?,30?,31-/m0/s1. The summed E-state index contributed by atoms with van der Waals surface area (Å²) in [5.41, 5.74) is -4.03. The lowest BCUT2D eigenvalue weighted by Gasteiger charge is -2.67. The molecule has 2 bridgehead atoms. The van der Waals surface area contributed by atoms with Crippen LogP contribution in [0.5, 0.6) is 0 Å². The molecule has 1 aliphatic carbocycles. The lowest BCUT2D eigenvalue weighted by atomic mass is 9.38. The number of carbonyl (C=O) groups is 1. The minimum Gasteiger partial charge on any atom is -0.349 e. The van der Waals surface area contributed by atoms with Crippen molar-refractivity contribution < 1.29 is 13.6 Å². The fourth-order valence-corrected chi connectivity index (χ4v) is 10.6. The SMILES string of the molecule is CC(C)c1nnc(C(C)(C)C)n1C1CC2CCC(C1)N2C(C)(C)C[C@H](NC(=O)C1C(C)(C)C(C)(C)C(F)(F)C(C)(C)C1(C)C)c1ccccc1. The van der Waals surface area contributed by atoms with Crippen molar-refractivity contribution in [2.45, 2.75) is 183 Å². The van der Waals surface area contributed by atoms with Crippen molar-refractivity contribution in [2.75, 3.05) is 0 Å². The van der Waals surface area contributed by atoms with Gasteiger partial charge in [0.25, 0.3) is 5.92 Å². The van der Waals surface area contributed by atoms with E-state index in [2.05, 4.69) is 75.4 Å². The van der Waals surface area contributed by atoms with Crippen molar-refractivity contribution in [1.29, 1.82) is 0 Å². The van der Waals surface area contributed by atoms with E-state index in [0.29, 0.717) is 30.5 Å². The number of benzene rings is 1. The highest BCUT2D eigenvalue weighted by molar-refractivity contribution is 5.81. The number of rotatable bonds is 8. The molecule has 2 aliphatic heterocycles. The third-order valence-corrected chi connectivity index (χ3v) is 14.4. The van der Waals surface area contributed by atoms with Gasteiger partial charge in [0.15, 0.2) is 0 Å². The van der Waals surface area contributed by atoms with Crippen LogP contribution in [0.3, 0.4) is 0 Å². The summed E-state index contributed by atoms with van der Waals surface area (Å²) in [6.07, 6.45) is 5.12. The van der Waals surface area contributed by atoms with E-state index in [9.17, 15) is 4.79 Å². The number of carbonyl (C=O) groups excluding carboxylic acids is 1. The maximum absolute atomic E-state index is 16.3. The first-order chi connectivity index (χ1) is 22.7. The molecule has 1 N–H and O–H groups in total. The Kier molecular flexibility index (Phi) is 9.62. The molecule has 3 fully saturated rings. The Morgan fingerprint density at radius 3 is 1.80 bits per heavy atom. The number of piperidine rings is 1. The fourth-order valence-electron chi connectivity index (χ4n) is 10.6.